The molecule has 27 heavy (non-hydrogen) atoms. The van der Waals surface area contributed by atoms with Gasteiger partial charge >= 0.3 is 0 Å². The van der Waals surface area contributed by atoms with E-state index in [9.17, 15) is 0 Å². The normalized spacial score (nSPS) is 22.0. The van der Waals surface area contributed by atoms with Gasteiger partial charge in [-0.05, 0) is 83.4 Å². The topological polar surface area (TPSA) is 46.0 Å². The molecule has 0 amide bonds. The summed E-state index contributed by atoms with van der Waals surface area (Å²) in [5, 5.41) is 3.63. The predicted molar refractivity (Wildman–Crippen MR) is 110 cm³/mol. The number of aromatic nitrogens is 3. The molecule has 2 aromatic rings. The van der Waals surface area contributed by atoms with E-state index in [1.54, 1.807) is 0 Å². The molecule has 1 N–H and O–H groups in total. The molecule has 3 fully saturated rings. The van der Waals surface area contributed by atoms with Crippen LogP contribution in [0.5, 0.6) is 0 Å². The number of piperidine rings is 1. The Hall–Kier alpha value is -1.62. The van der Waals surface area contributed by atoms with Crippen LogP contribution < -0.4 is 5.32 Å². The fraction of sp³-hybridized carbons (Fsp3) is 0.727. The zero-order valence-electron chi connectivity index (χ0n) is 16.8. The Labute approximate surface area is 162 Å². The number of anilines is 1. The highest BCUT2D eigenvalue weighted by Gasteiger charge is 2.29. The van der Waals surface area contributed by atoms with Crippen molar-refractivity contribution in [3.63, 3.8) is 0 Å². The van der Waals surface area contributed by atoms with Gasteiger partial charge in [0.1, 0.15) is 5.52 Å². The monoisotopic (exact) mass is 367 g/mol. The third-order valence-electron chi connectivity index (χ3n) is 6.61. The Morgan fingerprint density at radius 3 is 2.48 bits per heavy atom. The second kappa shape index (κ2) is 7.08. The third kappa shape index (κ3) is 3.84. The fourth-order valence-corrected chi connectivity index (χ4v) is 4.43. The van der Waals surface area contributed by atoms with Gasteiger partial charge in [0.25, 0.3) is 0 Å². The summed E-state index contributed by atoms with van der Waals surface area (Å²) in [7, 11) is 0. The summed E-state index contributed by atoms with van der Waals surface area (Å²) in [6.45, 7) is 9.29. The van der Waals surface area contributed by atoms with Crippen LogP contribution in [0.15, 0.2) is 12.4 Å². The molecule has 5 heteroatoms. The maximum Gasteiger partial charge on any atom is 0.154 e. The average Bonchev–Trinajstić information content (AvgIpc) is 3.59. The lowest BCUT2D eigenvalue weighted by atomic mass is 9.92. The summed E-state index contributed by atoms with van der Waals surface area (Å²) in [6, 6.07) is 2.74. The molecule has 0 unspecified atom stereocenters. The first-order valence-electron chi connectivity index (χ1n) is 11.0. The van der Waals surface area contributed by atoms with E-state index in [2.05, 4.69) is 34.7 Å². The molecule has 1 saturated heterocycles. The Kier molecular flexibility index (Phi) is 4.58. The molecule has 1 aliphatic heterocycles. The van der Waals surface area contributed by atoms with Gasteiger partial charge < -0.3 is 14.8 Å². The van der Waals surface area contributed by atoms with E-state index in [-0.39, 0.29) is 0 Å². The molecule has 5 nitrogen and oxygen atoms in total. The number of nitrogens with zero attached hydrogens (tertiary/aromatic N) is 4. The summed E-state index contributed by atoms with van der Waals surface area (Å²) in [5.41, 5.74) is 3.56. The second-order valence-corrected chi connectivity index (χ2v) is 9.35. The lowest BCUT2D eigenvalue weighted by Gasteiger charge is -2.32. The molecule has 5 rings (SSSR count). The maximum absolute atomic E-state index is 5.09. The molecule has 0 bridgehead atoms. The molecule has 3 aliphatic rings. The summed E-state index contributed by atoms with van der Waals surface area (Å²) in [5.74, 6) is 3.43. The van der Waals surface area contributed by atoms with Crippen LogP contribution in [0, 0.1) is 11.8 Å². The number of rotatable bonds is 7. The molecule has 0 atom stereocenters. The number of nitrogens with one attached hydrogen (secondary N) is 1. The van der Waals surface area contributed by atoms with Gasteiger partial charge in [-0.1, -0.05) is 0 Å². The highest BCUT2D eigenvalue weighted by atomic mass is 15.1. The van der Waals surface area contributed by atoms with E-state index in [0.29, 0.717) is 12.0 Å². The minimum Gasteiger partial charge on any atom is -0.368 e. The van der Waals surface area contributed by atoms with Crippen molar-refractivity contribution in [1.82, 2.24) is 19.4 Å². The first-order valence-corrected chi connectivity index (χ1v) is 11.0. The Balaban J connectivity index is 1.39. The molecular formula is C22H33N5. The summed E-state index contributed by atoms with van der Waals surface area (Å²) in [6.07, 6.45) is 10.1. The quantitative estimate of drug-likeness (QED) is 0.787. The minimum atomic E-state index is 0.418. The molecule has 2 saturated carbocycles. The van der Waals surface area contributed by atoms with Crippen molar-refractivity contribution >= 4 is 16.9 Å². The van der Waals surface area contributed by atoms with Crippen molar-refractivity contribution in [2.24, 2.45) is 11.8 Å². The molecule has 2 aromatic heterocycles. The Morgan fingerprint density at radius 1 is 1.07 bits per heavy atom. The van der Waals surface area contributed by atoms with Gasteiger partial charge in [-0.15, -0.1) is 0 Å². The summed E-state index contributed by atoms with van der Waals surface area (Å²) < 4.78 is 2.30. The van der Waals surface area contributed by atoms with Crippen LogP contribution in [-0.4, -0.2) is 45.6 Å². The first-order chi connectivity index (χ1) is 13.2. The molecular weight excluding hydrogens is 334 g/mol. The van der Waals surface area contributed by atoms with E-state index in [0.717, 1.165) is 29.7 Å². The Bertz CT molecular complexity index is 794. The lowest BCUT2D eigenvalue weighted by molar-refractivity contribution is 0.203. The van der Waals surface area contributed by atoms with Gasteiger partial charge in [0.2, 0.25) is 0 Å². The maximum atomic E-state index is 5.09. The molecule has 2 aliphatic carbocycles. The van der Waals surface area contributed by atoms with E-state index >= 15 is 0 Å². The SMILES string of the molecule is CC(C)n1cnc2c(NCC3CC3)nc(C3CCN(CC4CC4)CC3)cc21. The van der Waals surface area contributed by atoms with Gasteiger partial charge in [0.15, 0.2) is 5.82 Å². The Morgan fingerprint density at radius 2 is 1.81 bits per heavy atom. The van der Waals surface area contributed by atoms with Crippen LogP contribution >= 0.6 is 0 Å². The molecule has 0 radical (unpaired) electrons. The molecule has 0 spiro atoms. The standard InChI is InChI=1S/C22H33N5/c1-15(2)27-14-24-21-20(27)11-19(25-22(21)23-12-16-3-4-16)18-7-9-26(10-8-18)13-17-5-6-17/h11,14-18H,3-10,12-13H2,1-2H3,(H,23,25). The van der Waals surface area contributed by atoms with Gasteiger partial charge in [-0.3, -0.25) is 0 Å². The third-order valence-corrected chi connectivity index (χ3v) is 6.61. The van der Waals surface area contributed by atoms with E-state index in [1.165, 1.54) is 69.4 Å². The van der Waals surface area contributed by atoms with E-state index in [1.807, 2.05) is 6.33 Å². The fourth-order valence-electron chi connectivity index (χ4n) is 4.43. The number of pyridine rings is 1. The van der Waals surface area contributed by atoms with Crippen LogP contribution in [0.4, 0.5) is 5.82 Å². The first kappa shape index (κ1) is 17.5. The van der Waals surface area contributed by atoms with Crippen LogP contribution in [0.1, 0.15) is 70.0 Å². The van der Waals surface area contributed by atoms with Gasteiger partial charge in [0, 0.05) is 30.7 Å². The van der Waals surface area contributed by atoms with Crippen molar-refractivity contribution in [1.29, 1.82) is 0 Å². The number of likely N-dealkylation sites (tertiary alicyclic amines) is 1. The molecule has 146 valence electrons. The minimum absolute atomic E-state index is 0.418. The van der Waals surface area contributed by atoms with Crippen molar-refractivity contribution in [3.05, 3.63) is 18.1 Å². The number of fused-ring (bicyclic) bond motifs is 1. The average molecular weight is 368 g/mol. The van der Waals surface area contributed by atoms with Crippen LogP contribution in [-0.2, 0) is 0 Å². The van der Waals surface area contributed by atoms with Gasteiger partial charge in [-0.2, -0.15) is 0 Å². The number of imidazole rings is 1. The summed E-state index contributed by atoms with van der Waals surface area (Å²) in [4.78, 5) is 12.5. The molecule has 0 aromatic carbocycles. The van der Waals surface area contributed by atoms with Crippen molar-refractivity contribution in [3.8, 4) is 0 Å². The summed E-state index contributed by atoms with van der Waals surface area (Å²) >= 11 is 0. The zero-order chi connectivity index (χ0) is 18.4. The van der Waals surface area contributed by atoms with E-state index < -0.39 is 0 Å². The van der Waals surface area contributed by atoms with Crippen molar-refractivity contribution in [2.45, 2.75) is 64.3 Å². The van der Waals surface area contributed by atoms with Crippen LogP contribution in [0.25, 0.3) is 11.0 Å². The zero-order valence-corrected chi connectivity index (χ0v) is 16.8. The van der Waals surface area contributed by atoms with Crippen LogP contribution in [0.2, 0.25) is 0 Å². The van der Waals surface area contributed by atoms with Gasteiger partial charge in [0.05, 0.1) is 11.8 Å². The van der Waals surface area contributed by atoms with Crippen molar-refractivity contribution in [2.75, 3.05) is 31.5 Å². The second-order valence-electron chi connectivity index (χ2n) is 9.35. The lowest BCUT2D eigenvalue weighted by Crippen LogP contribution is -2.34. The molecule has 3 heterocycles. The predicted octanol–water partition coefficient (Wildman–Crippen LogP) is 4.42. The number of hydrogen-bond donors (Lipinski definition) is 1. The highest BCUT2D eigenvalue weighted by Crippen LogP contribution is 2.35. The number of hydrogen-bond acceptors (Lipinski definition) is 4. The highest BCUT2D eigenvalue weighted by molar-refractivity contribution is 5.86. The smallest absolute Gasteiger partial charge is 0.154 e. The van der Waals surface area contributed by atoms with Gasteiger partial charge in [-0.25, -0.2) is 9.97 Å². The van der Waals surface area contributed by atoms with E-state index in [4.69, 9.17) is 9.97 Å². The largest absolute Gasteiger partial charge is 0.368 e. The van der Waals surface area contributed by atoms with Crippen LogP contribution in [0.3, 0.4) is 0 Å². The van der Waals surface area contributed by atoms with Crippen molar-refractivity contribution < 1.29 is 0 Å².